The molecule has 0 aromatic heterocycles. The molecule has 1 saturated carbocycles. The Kier molecular flexibility index (Phi) is 4.21. The molecule has 20 heavy (non-hydrogen) atoms. The molecule has 0 spiro atoms. The van der Waals surface area contributed by atoms with Crippen LogP contribution in [0.5, 0.6) is 0 Å². The average molecular weight is 272 g/mol. The molecule has 0 amide bonds. The molecule has 2 heteroatoms. The van der Waals surface area contributed by atoms with Crippen molar-refractivity contribution in [3.8, 4) is 0 Å². The van der Waals surface area contributed by atoms with Gasteiger partial charge in [0.05, 0.1) is 12.0 Å². The number of rotatable bonds is 3. The molecule has 2 fully saturated rings. The first-order valence-electron chi connectivity index (χ1n) is 8.01. The number of carbonyl (C=O) groups is 1. The first kappa shape index (κ1) is 13.8. The van der Waals surface area contributed by atoms with Gasteiger partial charge < -0.3 is 4.74 Å². The molecule has 1 aliphatic heterocycles. The minimum absolute atomic E-state index is 0.0514. The predicted octanol–water partition coefficient (Wildman–Crippen LogP) is 4.34. The van der Waals surface area contributed by atoms with Crippen LogP contribution in [0.25, 0.3) is 0 Å². The second-order valence-corrected chi connectivity index (χ2v) is 6.29. The molecule has 108 valence electrons. The van der Waals surface area contributed by atoms with Gasteiger partial charge >= 0.3 is 0 Å². The minimum Gasteiger partial charge on any atom is -0.378 e. The van der Waals surface area contributed by atoms with Crippen molar-refractivity contribution in [1.82, 2.24) is 0 Å². The van der Waals surface area contributed by atoms with E-state index in [4.69, 9.17) is 4.74 Å². The molecule has 1 heterocycles. The lowest BCUT2D eigenvalue weighted by atomic mass is 9.83. The highest BCUT2D eigenvalue weighted by Crippen LogP contribution is 2.33. The van der Waals surface area contributed by atoms with Gasteiger partial charge in [0.2, 0.25) is 0 Å². The van der Waals surface area contributed by atoms with Crippen LogP contribution in [-0.4, -0.2) is 18.5 Å². The molecule has 2 unspecified atom stereocenters. The quantitative estimate of drug-likeness (QED) is 0.765. The van der Waals surface area contributed by atoms with Crippen LogP contribution >= 0.6 is 0 Å². The van der Waals surface area contributed by atoms with Crippen molar-refractivity contribution in [2.24, 2.45) is 5.92 Å². The Morgan fingerprint density at radius 1 is 1.05 bits per heavy atom. The summed E-state index contributed by atoms with van der Waals surface area (Å²) in [5, 5.41) is 0. The third kappa shape index (κ3) is 2.80. The summed E-state index contributed by atoms with van der Waals surface area (Å²) in [5.74, 6) is 1.02. The number of hydrogen-bond donors (Lipinski definition) is 0. The van der Waals surface area contributed by atoms with Gasteiger partial charge in [0.15, 0.2) is 5.78 Å². The fourth-order valence-electron chi connectivity index (χ4n) is 3.65. The van der Waals surface area contributed by atoms with Crippen LogP contribution in [0.15, 0.2) is 24.3 Å². The molecule has 2 aliphatic rings. The van der Waals surface area contributed by atoms with Crippen LogP contribution in [0.1, 0.15) is 67.3 Å². The van der Waals surface area contributed by atoms with Gasteiger partial charge in [-0.25, -0.2) is 0 Å². The van der Waals surface area contributed by atoms with Crippen LogP contribution in [0.2, 0.25) is 0 Å². The lowest BCUT2D eigenvalue weighted by Gasteiger charge is -2.22. The maximum Gasteiger partial charge on any atom is 0.168 e. The summed E-state index contributed by atoms with van der Waals surface area (Å²) in [7, 11) is 0. The average Bonchev–Trinajstić information content (AvgIpc) is 2.94. The molecule has 1 saturated heterocycles. The number of carbonyl (C=O) groups excluding carboxylic acids is 1. The Labute approximate surface area is 121 Å². The first-order valence-corrected chi connectivity index (χ1v) is 8.01. The molecule has 1 aliphatic carbocycles. The van der Waals surface area contributed by atoms with Crippen molar-refractivity contribution in [1.29, 1.82) is 0 Å². The summed E-state index contributed by atoms with van der Waals surface area (Å²) in [6, 6.07) is 8.39. The Morgan fingerprint density at radius 2 is 1.75 bits per heavy atom. The monoisotopic (exact) mass is 272 g/mol. The molecule has 1 aromatic rings. The number of ketones is 1. The second-order valence-electron chi connectivity index (χ2n) is 6.29. The predicted molar refractivity (Wildman–Crippen MR) is 80.1 cm³/mol. The topological polar surface area (TPSA) is 26.3 Å². The fraction of sp³-hybridized carbons (Fsp3) is 0.611. The second kappa shape index (κ2) is 6.09. The van der Waals surface area contributed by atoms with Crippen molar-refractivity contribution >= 4 is 5.78 Å². The van der Waals surface area contributed by atoms with Crippen LogP contribution in [0.4, 0.5) is 0 Å². The van der Waals surface area contributed by atoms with Gasteiger partial charge in [-0.3, -0.25) is 4.79 Å². The van der Waals surface area contributed by atoms with E-state index < -0.39 is 0 Å². The Bertz CT molecular complexity index is 457. The molecular weight excluding hydrogens is 248 g/mol. The van der Waals surface area contributed by atoms with Crippen LogP contribution in [0.3, 0.4) is 0 Å². The van der Waals surface area contributed by atoms with E-state index in [0.29, 0.717) is 5.92 Å². The van der Waals surface area contributed by atoms with Crippen molar-refractivity contribution < 1.29 is 9.53 Å². The lowest BCUT2D eigenvalue weighted by Crippen LogP contribution is -2.21. The van der Waals surface area contributed by atoms with Gasteiger partial charge in [-0.1, -0.05) is 43.5 Å². The maximum atomic E-state index is 12.5. The summed E-state index contributed by atoms with van der Waals surface area (Å²) >= 11 is 0. The molecule has 1 aromatic carbocycles. The SMILES string of the molecule is CC1OCCC1C(=O)c1ccc(C2CCCCC2)cc1. The van der Waals surface area contributed by atoms with E-state index in [0.717, 1.165) is 18.6 Å². The van der Waals surface area contributed by atoms with Crippen molar-refractivity contribution in [3.05, 3.63) is 35.4 Å². The van der Waals surface area contributed by atoms with E-state index in [1.54, 1.807) is 0 Å². The standard InChI is InChI=1S/C18H24O2/c1-13-17(11-12-20-13)18(19)16-9-7-15(8-10-16)14-5-3-2-4-6-14/h7-10,13-14,17H,2-6,11-12H2,1H3. The molecule has 0 N–H and O–H groups in total. The Morgan fingerprint density at radius 3 is 2.35 bits per heavy atom. The molecular formula is C18H24O2. The number of Topliss-reactive ketones (excluding diaryl/α,β-unsaturated/α-hetero) is 1. The maximum absolute atomic E-state index is 12.5. The summed E-state index contributed by atoms with van der Waals surface area (Å²) < 4.78 is 5.51. The fourth-order valence-corrected chi connectivity index (χ4v) is 3.65. The zero-order valence-corrected chi connectivity index (χ0v) is 12.3. The van der Waals surface area contributed by atoms with Gasteiger partial charge in [-0.15, -0.1) is 0 Å². The zero-order valence-electron chi connectivity index (χ0n) is 12.3. The van der Waals surface area contributed by atoms with Crippen LogP contribution in [-0.2, 0) is 4.74 Å². The molecule has 0 radical (unpaired) electrons. The first-order chi connectivity index (χ1) is 9.75. The van der Waals surface area contributed by atoms with E-state index in [1.807, 2.05) is 19.1 Å². The summed E-state index contributed by atoms with van der Waals surface area (Å²) in [5.41, 5.74) is 2.27. The number of ether oxygens (including phenoxy) is 1. The van der Waals surface area contributed by atoms with Gasteiger partial charge in [-0.05, 0) is 37.7 Å². The summed E-state index contributed by atoms with van der Waals surface area (Å²) in [6.07, 6.45) is 7.63. The largest absolute Gasteiger partial charge is 0.378 e. The molecule has 2 nitrogen and oxygen atoms in total. The zero-order chi connectivity index (χ0) is 13.9. The summed E-state index contributed by atoms with van der Waals surface area (Å²) in [4.78, 5) is 12.5. The molecule has 3 rings (SSSR count). The van der Waals surface area contributed by atoms with Crippen LogP contribution in [0, 0.1) is 5.92 Å². The third-order valence-electron chi connectivity index (χ3n) is 4.98. The lowest BCUT2D eigenvalue weighted by molar-refractivity contribution is 0.0764. The molecule has 0 bridgehead atoms. The van der Waals surface area contributed by atoms with Gasteiger partial charge in [0.25, 0.3) is 0 Å². The van der Waals surface area contributed by atoms with E-state index in [1.165, 1.54) is 37.7 Å². The summed E-state index contributed by atoms with van der Waals surface area (Å²) in [6.45, 7) is 2.73. The highest BCUT2D eigenvalue weighted by Gasteiger charge is 2.31. The Hall–Kier alpha value is -1.15. The number of hydrogen-bond acceptors (Lipinski definition) is 2. The van der Waals surface area contributed by atoms with E-state index in [9.17, 15) is 4.79 Å². The highest BCUT2D eigenvalue weighted by atomic mass is 16.5. The molecule has 2 atom stereocenters. The van der Waals surface area contributed by atoms with E-state index in [-0.39, 0.29) is 17.8 Å². The Balaban J connectivity index is 1.70. The van der Waals surface area contributed by atoms with E-state index in [2.05, 4.69) is 12.1 Å². The highest BCUT2D eigenvalue weighted by molar-refractivity contribution is 5.98. The van der Waals surface area contributed by atoms with Gasteiger partial charge in [0, 0.05) is 12.2 Å². The van der Waals surface area contributed by atoms with E-state index >= 15 is 0 Å². The normalized spacial score (nSPS) is 27.6. The smallest absolute Gasteiger partial charge is 0.168 e. The number of benzene rings is 1. The van der Waals surface area contributed by atoms with Crippen molar-refractivity contribution in [2.45, 2.75) is 57.5 Å². The third-order valence-corrected chi connectivity index (χ3v) is 4.98. The minimum atomic E-state index is 0.0514. The van der Waals surface area contributed by atoms with Crippen LogP contribution < -0.4 is 0 Å². The van der Waals surface area contributed by atoms with Crippen molar-refractivity contribution in [3.63, 3.8) is 0 Å². The van der Waals surface area contributed by atoms with Gasteiger partial charge in [-0.2, -0.15) is 0 Å². The van der Waals surface area contributed by atoms with Crippen molar-refractivity contribution in [2.75, 3.05) is 6.61 Å². The van der Waals surface area contributed by atoms with Gasteiger partial charge in [0.1, 0.15) is 0 Å².